The van der Waals surface area contributed by atoms with Crippen molar-refractivity contribution in [1.29, 1.82) is 0 Å². The number of amides is 3. The highest BCUT2D eigenvalue weighted by atomic mass is 16.6. The van der Waals surface area contributed by atoms with Crippen LogP contribution in [-0.2, 0) is 4.79 Å². The summed E-state index contributed by atoms with van der Waals surface area (Å²) in [4.78, 5) is 23.4. The summed E-state index contributed by atoms with van der Waals surface area (Å²) in [5.41, 5.74) is 3.78. The molecule has 3 rings (SSSR count). The molecule has 3 N–H and O–H groups in total. The van der Waals surface area contributed by atoms with Gasteiger partial charge in [-0.2, -0.15) is 5.10 Å². The highest BCUT2D eigenvalue weighted by Gasteiger charge is 2.26. The zero-order chi connectivity index (χ0) is 16.2. The zero-order valence-electron chi connectivity index (χ0n) is 12.7. The summed E-state index contributed by atoms with van der Waals surface area (Å²) in [6, 6.07) is 4.88. The van der Waals surface area contributed by atoms with Crippen LogP contribution in [0, 0.1) is 5.92 Å². The van der Waals surface area contributed by atoms with Gasteiger partial charge in [-0.15, -0.1) is 0 Å². The molecular formula is C15H18N4O4. The molecular weight excluding hydrogens is 300 g/mol. The molecule has 8 nitrogen and oxygen atoms in total. The van der Waals surface area contributed by atoms with Crippen LogP contribution in [0.1, 0.15) is 13.3 Å². The number of hydrogen-bond donors (Lipinski definition) is 3. The molecule has 0 aliphatic carbocycles. The second kappa shape index (κ2) is 6.55. The van der Waals surface area contributed by atoms with E-state index < -0.39 is 0 Å². The number of hydrazone groups is 1. The first-order chi connectivity index (χ1) is 11.1. The fraction of sp³-hybridized carbons (Fsp3) is 0.400. The summed E-state index contributed by atoms with van der Waals surface area (Å²) >= 11 is 0. The van der Waals surface area contributed by atoms with Gasteiger partial charge < -0.3 is 20.1 Å². The Hall–Kier alpha value is -2.77. The van der Waals surface area contributed by atoms with Crippen molar-refractivity contribution in [1.82, 2.24) is 10.7 Å². The van der Waals surface area contributed by atoms with Gasteiger partial charge >= 0.3 is 6.03 Å². The van der Waals surface area contributed by atoms with Crippen LogP contribution in [0.4, 0.5) is 10.5 Å². The Morgan fingerprint density at radius 1 is 1.35 bits per heavy atom. The van der Waals surface area contributed by atoms with Gasteiger partial charge in [-0.05, 0) is 25.5 Å². The third-order valence-corrected chi connectivity index (χ3v) is 3.68. The van der Waals surface area contributed by atoms with Gasteiger partial charge in [-0.1, -0.05) is 0 Å². The van der Waals surface area contributed by atoms with Crippen molar-refractivity contribution < 1.29 is 19.1 Å². The monoisotopic (exact) mass is 318 g/mol. The number of carbonyl (C=O) groups excluding carboxylic acids is 2. The number of carbonyl (C=O) groups is 2. The van der Waals surface area contributed by atoms with E-state index in [1.54, 1.807) is 25.1 Å². The first kappa shape index (κ1) is 15.1. The minimum atomic E-state index is -0.338. The molecule has 2 aliphatic heterocycles. The second-order valence-electron chi connectivity index (χ2n) is 5.31. The number of benzene rings is 1. The molecule has 0 saturated heterocycles. The summed E-state index contributed by atoms with van der Waals surface area (Å²) in [7, 11) is 0. The molecule has 0 aromatic heterocycles. The normalized spacial score (nSPS) is 18.9. The van der Waals surface area contributed by atoms with Crippen molar-refractivity contribution in [3.8, 4) is 11.5 Å². The van der Waals surface area contributed by atoms with E-state index in [2.05, 4.69) is 21.2 Å². The van der Waals surface area contributed by atoms with Crippen molar-refractivity contribution in [2.75, 3.05) is 25.1 Å². The Kier molecular flexibility index (Phi) is 4.31. The Balaban J connectivity index is 1.48. The average Bonchev–Trinajstić information content (AvgIpc) is 2.86. The van der Waals surface area contributed by atoms with Crippen LogP contribution >= 0.6 is 0 Å². The molecule has 2 aliphatic rings. The smallest absolute Gasteiger partial charge is 0.319 e. The number of fused-ring (bicyclic) bond motifs is 1. The topological polar surface area (TPSA) is 101 Å². The number of nitrogens with zero attached hydrogens (tertiary/aromatic N) is 1. The third-order valence-electron chi connectivity index (χ3n) is 3.68. The number of hydrogen-bond acceptors (Lipinski definition) is 5. The van der Waals surface area contributed by atoms with E-state index in [9.17, 15) is 9.59 Å². The SMILES string of the molecule is CC1=NNC(=O)[C@@H]1CCNC(=O)Nc1ccc2c(c1)OCCO2. The molecule has 0 unspecified atom stereocenters. The number of rotatable bonds is 4. The molecule has 0 fully saturated rings. The molecule has 1 aromatic rings. The summed E-state index contributed by atoms with van der Waals surface area (Å²) in [5.74, 6) is 0.883. The second-order valence-corrected chi connectivity index (χ2v) is 5.31. The van der Waals surface area contributed by atoms with Crippen LogP contribution in [0.15, 0.2) is 23.3 Å². The molecule has 0 bridgehead atoms. The Morgan fingerprint density at radius 3 is 2.87 bits per heavy atom. The minimum Gasteiger partial charge on any atom is -0.486 e. The molecule has 3 amide bonds. The highest BCUT2D eigenvalue weighted by molar-refractivity contribution is 6.06. The van der Waals surface area contributed by atoms with Gasteiger partial charge in [0.25, 0.3) is 0 Å². The molecule has 0 saturated carbocycles. The van der Waals surface area contributed by atoms with E-state index in [4.69, 9.17) is 9.47 Å². The first-order valence-electron chi connectivity index (χ1n) is 7.42. The maximum Gasteiger partial charge on any atom is 0.319 e. The molecule has 1 aromatic carbocycles. The lowest BCUT2D eigenvalue weighted by molar-refractivity contribution is -0.122. The lowest BCUT2D eigenvalue weighted by Crippen LogP contribution is -2.33. The predicted octanol–water partition coefficient (Wildman–Crippen LogP) is 1.09. The van der Waals surface area contributed by atoms with Crippen molar-refractivity contribution in [2.24, 2.45) is 11.0 Å². The van der Waals surface area contributed by atoms with Crippen LogP contribution < -0.4 is 25.5 Å². The quantitative estimate of drug-likeness (QED) is 0.773. The van der Waals surface area contributed by atoms with Crippen molar-refractivity contribution in [3.63, 3.8) is 0 Å². The van der Waals surface area contributed by atoms with Crippen molar-refractivity contribution >= 4 is 23.3 Å². The van der Waals surface area contributed by atoms with Gasteiger partial charge in [0.2, 0.25) is 5.91 Å². The fourth-order valence-corrected chi connectivity index (χ4v) is 2.46. The standard InChI is InChI=1S/C15H18N4O4/c1-9-11(14(20)19-18-9)4-5-16-15(21)17-10-2-3-12-13(8-10)23-7-6-22-12/h2-3,8,11H,4-7H2,1H3,(H,19,20)(H2,16,17,21)/t11-/m1/s1. The molecule has 1 atom stereocenters. The lowest BCUT2D eigenvalue weighted by atomic mass is 10.0. The van der Waals surface area contributed by atoms with Gasteiger partial charge in [-0.3, -0.25) is 4.79 Å². The van der Waals surface area contributed by atoms with E-state index in [-0.39, 0.29) is 17.9 Å². The molecule has 0 radical (unpaired) electrons. The van der Waals surface area contributed by atoms with Crippen LogP contribution in [-0.4, -0.2) is 37.4 Å². The van der Waals surface area contributed by atoms with Crippen LogP contribution in [0.2, 0.25) is 0 Å². The summed E-state index contributed by atoms with van der Waals surface area (Å²) in [6.07, 6.45) is 0.510. The fourth-order valence-electron chi connectivity index (χ4n) is 2.46. The van der Waals surface area contributed by atoms with E-state index in [1.165, 1.54) is 0 Å². The molecule has 8 heteroatoms. The third kappa shape index (κ3) is 3.53. The largest absolute Gasteiger partial charge is 0.486 e. The molecule has 0 spiro atoms. The lowest BCUT2D eigenvalue weighted by Gasteiger charge is -2.19. The number of anilines is 1. The van der Waals surface area contributed by atoms with Crippen molar-refractivity contribution in [2.45, 2.75) is 13.3 Å². The molecule has 23 heavy (non-hydrogen) atoms. The van der Waals surface area contributed by atoms with Gasteiger partial charge in [0.15, 0.2) is 11.5 Å². The van der Waals surface area contributed by atoms with E-state index >= 15 is 0 Å². The maximum atomic E-state index is 11.9. The van der Waals surface area contributed by atoms with Crippen LogP contribution in [0.25, 0.3) is 0 Å². The average molecular weight is 318 g/mol. The Labute approximate surface area is 133 Å². The highest BCUT2D eigenvalue weighted by Crippen LogP contribution is 2.32. The van der Waals surface area contributed by atoms with Crippen LogP contribution in [0.5, 0.6) is 11.5 Å². The van der Waals surface area contributed by atoms with Gasteiger partial charge in [-0.25, -0.2) is 10.2 Å². The number of nitrogens with one attached hydrogen (secondary N) is 3. The van der Waals surface area contributed by atoms with Gasteiger partial charge in [0.1, 0.15) is 13.2 Å². The first-order valence-corrected chi connectivity index (χ1v) is 7.42. The van der Waals surface area contributed by atoms with Gasteiger partial charge in [0.05, 0.1) is 5.92 Å². The molecule has 2 heterocycles. The maximum absolute atomic E-state index is 11.9. The minimum absolute atomic E-state index is 0.128. The summed E-state index contributed by atoms with van der Waals surface area (Å²) in [6.45, 7) is 3.18. The predicted molar refractivity (Wildman–Crippen MR) is 83.8 cm³/mol. The number of urea groups is 1. The Bertz CT molecular complexity index is 659. The van der Waals surface area contributed by atoms with Gasteiger partial charge in [0, 0.05) is 24.0 Å². The summed E-state index contributed by atoms with van der Waals surface area (Å²) in [5, 5.41) is 9.31. The van der Waals surface area contributed by atoms with Crippen LogP contribution in [0.3, 0.4) is 0 Å². The zero-order valence-corrected chi connectivity index (χ0v) is 12.7. The number of ether oxygens (including phenoxy) is 2. The Morgan fingerprint density at radius 2 is 2.13 bits per heavy atom. The summed E-state index contributed by atoms with van der Waals surface area (Å²) < 4.78 is 10.9. The van der Waals surface area contributed by atoms with E-state index in [0.717, 1.165) is 5.71 Å². The van der Waals surface area contributed by atoms with Crippen molar-refractivity contribution in [3.05, 3.63) is 18.2 Å². The molecule has 122 valence electrons. The van der Waals surface area contributed by atoms with E-state index in [1.807, 2.05) is 0 Å². The van der Waals surface area contributed by atoms with E-state index in [0.29, 0.717) is 43.4 Å².